The monoisotopic (exact) mass is 303 g/mol. The van der Waals surface area contributed by atoms with E-state index in [0.717, 1.165) is 17.7 Å². The van der Waals surface area contributed by atoms with Gasteiger partial charge in [-0.2, -0.15) is 0 Å². The third-order valence-electron chi connectivity index (χ3n) is 3.27. The topological polar surface area (TPSA) is 70.7 Å². The normalized spacial score (nSPS) is 14.3. The van der Waals surface area contributed by atoms with Crippen LogP contribution in [0.1, 0.15) is 18.4 Å². The molecule has 1 heterocycles. The standard InChI is InChI=1S/C16H21N3O3/c1-22-11-5-10-17-15(20)12-19-16(21)9-8-14(18-19)13-6-3-2-4-7-13/h2-4,6-8,18H,5,9-12H2,1H3,(H,17,20). The van der Waals surface area contributed by atoms with E-state index in [9.17, 15) is 9.59 Å². The van der Waals surface area contributed by atoms with Crippen LogP contribution in [0.25, 0.3) is 5.70 Å². The third-order valence-corrected chi connectivity index (χ3v) is 3.27. The summed E-state index contributed by atoms with van der Waals surface area (Å²) in [5.41, 5.74) is 4.84. The first-order valence-electron chi connectivity index (χ1n) is 7.29. The Labute approximate surface area is 130 Å². The van der Waals surface area contributed by atoms with Gasteiger partial charge >= 0.3 is 0 Å². The molecule has 1 aromatic rings. The summed E-state index contributed by atoms with van der Waals surface area (Å²) in [5.74, 6) is -0.307. The van der Waals surface area contributed by atoms with Gasteiger partial charge in [-0.25, -0.2) is 5.01 Å². The van der Waals surface area contributed by atoms with E-state index in [1.807, 2.05) is 36.4 Å². The van der Waals surface area contributed by atoms with E-state index < -0.39 is 0 Å². The molecular weight excluding hydrogens is 282 g/mol. The molecule has 0 bridgehead atoms. The van der Waals surface area contributed by atoms with E-state index in [2.05, 4.69) is 10.7 Å². The molecule has 6 nitrogen and oxygen atoms in total. The van der Waals surface area contributed by atoms with Gasteiger partial charge in [0.2, 0.25) is 11.8 Å². The first-order chi connectivity index (χ1) is 10.7. The Morgan fingerprint density at radius 1 is 1.36 bits per heavy atom. The van der Waals surface area contributed by atoms with Gasteiger partial charge in [-0.15, -0.1) is 0 Å². The summed E-state index contributed by atoms with van der Waals surface area (Å²) >= 11 is 0. The van der Waals surface area contributed by atoms with Crippen molar-refractivity contribution in [3.63, 3.8) is 0 Å². The molecule has 0 aromatic heterocycles. The minimum Gasteiger partial charge on any atom is -0.385 e. The minimum atomic E-state index is -0.189. The Kier molecular flexibility index (Phi) is 5.97. The number of nitrogens with zero attached hydrogens (tertiary/aromatic N) is 1. The lowest BCUT2D eigenvalue weighted by molar-refractivity contribution is -0.137. The summed E-state index contributed by atoms with van der Waals surface area (Å²) in [4.78, 5) is 23.8. The van der Waals surface area contributed by atoms with Crippen LogP contribution in [-0.4, -0.2) is 43.6 Å². The number of methoxy groups -OCH3 is 1. The second kappa shape index (κ2) is 8.19. The Balaban J connectivity index is 1.88. The number of carbonyl (C=O) groups is 2. The lowest BCUT2D eigenvalue weighted by atomic mass is 10.1. The summed E-state index contributed by atoms with van der Waals surface area (Å²) < 4.78 is 4.92. The van der Waals surface area contributed by atoms with Gasteiger partial charge in [0.25, 0.3) is 0 Å². The fourth-order valence-corrected chi connectivity index (χ4v) is 2.12. The summed E-state index contributed by atoms with van der Waals surface area (Å²) in [7, 11) is 1.62. The van der Waals surface area contributed by atoms with Crippen LogP contribution >= 0.6 is 0 Å². The third kappa shape index (κ3) is 4.60. The second-order valence-electron chi connectivity index (χ2n) is 4.98. The molecular formula is C16H21N3O3. The predicted molar refractivity (Wildman–Crippen MR) is 83.4 cm³/mol. The number of hydrogen-bond donors (Lipinski definition) is 2. The van der Waals surface area contributed by atoms with Crippen LogP contribution in [0.2, 0.25) is 0 Å². The highest BCUT2D eigenvalue weighted by molar-refractivity contribution is 5.88. The Bertz CT molecular complexity index is 543. The van der Waals surface area contributed by atoms with Crippen molar-refractivity contribution in [2.75, 3.05) is 26.8 Å². The van der Waals surface area contributed by atoms with Gasteiger partial charge < -0.3 is 10.1 Å². The van der Waals surface area contributed by atoms with Crippen LogP contribution < -0.4 is 10.7 Å². The number of hydrogen-bond acceptors (Lipinski definition) is 4. The molecule has 22 heavy (non-hydrogen) atoms. The lowest BCUT2D eigenvalue weighted by Gasteiger charge is -2.28. The maximum absolute atomic E-state index is 11.9. The van der Waals surface area contributed by atoms with E-state index in [4.69, 9.17) is 4.74 Å². The van der Waals surface area contributed by atoms with Gasteiger partial charge in [0, 0.05) is 26.7 Å². The van der Waals surface area contributed by atoms with Gasteiger partial charge in [-0.3, -0.25) is 15.0 Å². The maximum Gasteiger partial charge on any atom is 0.245 e. The number of rotatable bonds is 7. The van der Waals surface area contributed by atoms with Crippen molar-refractivity contribution in [1.29, 1.82) is 0 Å². The maximum atomic E-state index is 11.9. The zero-order valence-electron chi connectivity index (χ0n) is 12.7. The number of carbonyl (C=O) groups excluding carboxylic acids is 2. The molecule has 2 N–H and O–H groups in total. The molecule has 1 aromatic carbocycles. The molecule has 0 aliphatic carbocycles. The Morgan fingerprint density at radius 3 is 2.86 bits per heavy atom. The molecule has 1 aliphatic heterocycles. The van der Waals surface area contributed by atoms with Gasteiger partial charge in [0.15, 0.2) is 0 Å². The SMILES string of the molecule is COCCCNC(=O)CN1NC(c2ccccc2)=CCC1=O. The van der Waals surface area contributed by atoms with Crippen LogP contribution in [0, 0.1) is 0 Å². The first kappa shape index (κ1) is 16.0. The molecule has 6 heteroatoms. The fourth-order valence-electron chi connectivity index (χ4n) is 2.12. The van der Waals surface area contributed by atoms with Gasteiger partial charge in [-0.05, 0) is 18.1 Å². The van der Waals surface area contributed by atoms with Crippen molar-refractivity contribution in [3.05, 3.63) is 42.0 Å². The highest BCUT2D eigenvalue weighted by atomic mass is 16.5. The van der Waals surface area contributed by atoms with Crippen molar-refractivity contribution < 1.29 is 14.3 Å². The fraction of sp³-hybridized carbons (Fsp3) is 0.375. The summed E-state index contributed by atoms with van der Waals surface area (Å²) in [6, 6.07) is 9.71. The van der Waals surface area contributed by atoms with Crippen molar-refractivity contribution in [1.82, 2.24) is 15.8 Å². The van der Waals surface area contributed by atoms with E-state index in [1.54, 1.807) is 7.11 Å². The Morgan fingerprint density at radius 2 is 2.14 bits per heavy atom. The minimum absolute atomic E-state index is 0.00398. The average molecular weight is 303 g/mol. The van der Waals surface area contributed by atoms with Crippen LogP contribution in [-0.2, 0) is 14.3 Å². The van der Waals surface area contributed by atoms with Gasteiger partial charge in [-0.1, -0.05) is 30.3 Å². The molecule has 0 fully saturated rings. The summed E-state index contributed by atoms with van der Waals surface area (Å²) in [6.45, 7) is 1.13. The quantitative estimate of drug-likeness (QED) is 0.735. The highest BCUT2D eigenvalue weighted by Crippen LogP contribution is 2.16. The molecule has 1 aliphatic rings. The number of amides is 2. The highest BCUT2D eigenvalue weighted by Gasteiger charge is 2.21. The van der Waals surface area contributed by atoms with Crippen molar-refractivity contribution in [3.8, 4) is 0 Å². The lowest BCUT2D eigenvalue weighted by Crippen LogP contribution is -2.49. The molecule has 0 radical (unpaired) electrons. The summed E-state index contributed by atoms with van der Waals surface area (Å²) in [5, 5.41) is 4.12. The zero-order valence-corrected chi connectivity index (χ0v) is 12.7. The number of benzene rings is 1. The van der Waals surface area contributed by atoms with Crippen LogP contribution in [0.4, 0.5) is 0 Å². The molecule has 0 spiro atoms. The van der Waals surface area contributed by atoms with E-state index in [0.29, 0.717) is 13.2 Å². The molecule has 2 rings (SSSR count). The number of hydrazine groups is 1. The molecule has 2 amide bonds. The van der Waals surface area contributed by atoms with Crippen LogP contribution in [0.15, 0.2) is 36.4 Å². The van der Waals surface area contributed by atoms with Crippen molar-refractivity contribution in [2.45, 2.75) is 12.8 Å². The Hall–Kier alpha value is -2.34. The molecule has 0 atom stereocenters. The molecule has 118 valence electrons. The van der Waals surface area contributed by atoms with E-state index in [-0.39, 0.29) is 24.8 Å². The molecule has 0 saturated carbocycles. The summed E-state index contributed by atoms with van der Waals surface area (Å²) in [6.07, 6.45) is 2.87. The van der Waals surface area contributed by atoms with E-state index in [1.165, 1.54) is 5.01 Å². The number of ether oxygens (including phenoxy) is 1. The van der Waals surface area contributed by atoms with E-state index >= 15 is 0 Å². The average Bonchev–Trinajstić information content (AvgIpc) is 2.54. The largest absolute Gasteiger partial charge is 0.385 e. The van der Waals surface area contributed by atoms with Crippen molar-refractivity contribution >= 4 is 17.5 Å². The van der Waals surface area contributed by atoms with Gasteiger partial charge in [0.05, 0.1) is 5.70 Å². The molecule has 0 saturated heterocycles. The van der Waals surface area contributed by atoms with Crippen LogP contribution in [0.5, 0.6) is 0 Å². The van der Waals surface area contributed by atoms with Crippen molar-refractivity contribution in [2.24, 2.45) is 0 Å². The zero-order chi connectivity index (χ0) is 15.8. The smallest absolute Gasteiger partial charge is 0.245 e. The second-order valence-corrected chi connectivity index (χ2v) is 4.98. The number of nitrogens with one attached hydrogen (secondary N) is 2. The van der Waals surface area contributed by atoms with Crippen LogP contribution in [0.3, 0.4) is 0 Å². The predicted octanol–water partition coefficient (Wildman–Crippen LogP) is 0.917. The molecule has 0 unspecified atom stereocenters. The first-order valence-corrected chi connectivity index (χ1v) is 7.29. The van der Waals surface area contributed by atoms with Gasteiger partial charge in [0.1, 0.15) is 6.54 Å².